The van der Waals surface area contributed by atoms with E-state index in [2.05, 4.69) is 12.2 Å². The SMILES string of the molecule is CCCCc1ccc(NC(=O)COc2ccc(S(=O)(=O)N3CCCCC3)cc2C)cc1. The van der Waals surface area contributed by atoms with Crippen molar-refractivity contribution in [3.63, 3.8) is 0 Å². The molecule has 1 saturated heterocycles. The molecule has 0 saturated carbocycles. The van der Waals surface area contributed by atoms with Crippen LogP contribution in [0, 0.1) is 6.92 Å². The van der Waals surface area contributed by atoms with Crippen LogP contribution < -0.4 is 10.1 Å². The van der Waals surface area contributed by atoms with Gasteiger partial charge in [-0.1, -0.05) is 31.9 Å². The number of sulfonamides is 1. The highest BCUT2D eigenvalue weighted by Gasteiger charge is 2.26. The maximum atomic E-state index is 12.8. The van der Waals surface area contributed by atoms with E-state index in [1.54, 1.807) is 29.4 Å². The molecule has 2 aromatic carbocycles. The number of ether oxygens (including phenoxy) is 1. The highest BCUT2D eigenvalue weighted by molar-refractivity contribution is 7.89. The van der Waals surface area contributed by atoms with Crippen LogP contribution in [0.2, 0.25) is 0 Å². The van der Waals surface area contributed by atoms with Crippen molar-refractivity contribution in [2.24, 2.45) is 0 Å². The Morgan fingerprint density at radius 1 is 1.06 bits per heavy atom. The number of anilines is 1. The molecule has 1 aliphatic heterocycles. The fourth-order valence-electron chi connectivity index (χ4n) is 3.67. The summed E-state index contributed by atoms with van der Waals surface area (Å²) in [4.78, 5) is 12.5. The number of carbonyl (C=O) groups excluding carboxylic acids is 1. The van der Waals surface area contributed by atoms with Gasteiger partial charge in [-0.2, -0.15) is 4.31 Å². The Labute approximate surface area is 185 Å². The number of aryl methyl sites for hydroxylation is 2. The van der Waals surface area contributed by atoms with Crippen LogP contribution >= 0.6 is 0 Å². The second-order valence-electron chi connectivity index (χ2n) is 8.03. The molecule has 0 bridgehead atoms. The predicted molar refractivity (Wildman–Crippen MR) is 123 cm³/mol. The number of piperidine rings is 1. The Kier molecular flexibility index (Phi) is 8.09. The van der Waals surface area contributed by atoms with Gasteiger partial charge in [-0.05, 0) is 74.1 Å². The fourth-order valence-corrected chi connectivity index (χ4v) is 5.28. The molecule has 1 aliphatic rings. The number of carbonyl (C=O) groups is 1. The van der Waals surface area contributed by atoms with E-state index >= 15 is 0 Å². The number of amides is 1. The first-order valence-electron chi connectivity index (χ1n) is 11.0. The molecule has 2 aromatic rings. The molecular weight excluding hydrogens is 412 g/mol. The summed E-state index contributed by atoms with van der Waals surface area (Å²) in [6, 6.07) is 12.6. The second-order valence-corrected chi connectivity index (χ2v) is 9.97. The van der Waals surface area contributed by atoms with E-state index in [0.717, 1.165) is 44.2 Å². The number of rotatable bonds is 9. The number of benzene rings is 2. The minimum atomic E-state index is -3.48. The Bertz CT molecular complexity index is 981. The first-order valence-corrected chi connectivity index (χ1v) is 12.5. The molecule has 3 rings (SSSR count). The van der Waals surface area contributed by atoms with Crippen molar-refractivity contribution < 1.29 is 17.9 Å². The Balaban J connectivity index is 1.56. The van der Waals surface area contributed by atoms with Crippen molar-refractivity contribution >= 4 is 21.6 Å². The smallest absolute Gasteiger partial charge is 0.262 e. The Morgan fingerprint density at radius 2 is 1.77 bits per heavy atom. The maximum Gasteiger partial charge on any atom is 0.262 e. The minimum absolute atomic E-state index is 0.142. The largest absolute Gasteiger partial charge is 0.483 e. The standard InChI is InChI=1S/C24H32N2O4S/c1-3-4-8-20-9-11-21(12-10-20)25-24(27)18-30-23-14-13-22(17-19(23)2)31(28,29)26-15-6-5-7-16-26/h9-14,17H,3-8,15-16,18H2,1-2H3,(H,25,27). The molecule has 0 atom stereocenters. The van der Waals surface area contributed by atoms with Gasteiger partial charge in [0.15, 0.2) is 6.61 Å². The van der Waals surface area contributed by atoms with Crippen molar-refractivity contribution in [3.8, 4) is 5.75 Å². The lowest BCUT2D eigenvalue weighted by Crippen LogP contribution is -2.35. The number of hydrogen-bond acceptors (Lipinski definition) is 4. The molecule has 0 spiro atoms. The van der Waals surface area contributed by atoms with E-state index in [1.807, 2.05) is 24.3 Å². The second kappa shape index (κ2) is 10.8. The first-order chi connectivity index (χ1) is 14.9. The number of nitrogens with zero attached hydrogens (tertiary/aromatic N) is 1. The van der Waals surface area contributed by atoms with Gasteiger partial charge in [-0.25, -0.2) is 8.42 Å². The topological polar surface area (TPSA) is 75.7 Å². The molecule has 0 radical (unpaired) electrons. The third-order valence-electron chi connectivity index (χ3n) is 5.51. The molecule has 1 N–H and O–H groups in total. The third kappa shape index (κ3) is 6.31. The van der Waals surface area contributed by atoms with Crippen molar-refractivity contribution in [3.05, 3.63) is 53.6 Å². The molecule has 1 heterocycles. The maximum absolute atomic E-state index is 12.8. The number of nitrogens with one attached hydrogen (secondary N) is 1. The van der Waals surface area contributed by atoms with E-state index in [0.29, 0.717) is 24.4 Å². The van der Waals surface area contributed by atoms with Gasteiger partial charge in [-0.15, -0.1) is 0 Å². The van der Waals surface area contributed by atoms with Crippen LogP contribution in [-0.4, -0.2) is 38.3 Å². The minimum Gasteiger partial charge on any atom is -0.483 e. The van der Waals surface area contributed by atoms with Gasteiger partial charge < -0.3 is 10.1 Å². The molecular formula is C24H32N2O4S. The van der Waals surface area contributed by atoms with Gasteiger partial charge in [-0.3, -0.25) is 4.79 Å². The highest BCUT2D eigenvalue weighted by atomic mass is 32.2. The molecule has 0 aromatic heterocycles. The van der Waals surface area contributed by atoms with Crippen molar-refractivity contribution in [2.45, 2.75) is 57.3 Å². The summed E-state index contributed by atoms with van der Waals surface area (Å²) in [7, 11) is -3.48. The monoisotopic (exact) mass is 444 g/mol. The molecule has 0 unspecified atom stereocenters. The normalized spacial score (nSPS) is 14.9. The van der Waals surface area contributed by atoms with Crippen LogP contribution in [0.5, 0.6) is 5.75 Å². The molecule has 1 fully saturated rings. The number of unbranched alkanes of at least 4 members (excludes halogenated alkanes) is 1. The predicted octanol–water partition coefficient (Wildman–Crippen LogP) is 4.53. The quantitative estimate of drug-likeness (QED) is 0.617. The van der Waals surface area contributed by atoms with Crippen molar-refractivity contribution in [1.29, 1.82) is 0 Å². The average molecular weight is 445 g/mol. The molecule has 7 heteroatoms. The summed E-state index contributed by atoms with van der Waals surface area (Å²) in [5.41, 5.74) is 2.67. The van der Waals surface area contributed by atoms with E-state index in [1.165, 1.54) is 5.56 Å². The highest BCUT2D eigenvalue weighted by Crippen LogP contribution is 2.26. The molecule has 0 aliphatic carbocycles. The Morgan fingerprint density at radius 3 is 2.42 bits per heavy atom. The molecule has 31 heavy (non-hydrogen) atoms. The van der Waals surface area contributed by atoms with Crippen molar-refractivity contribution in [1.82, 2.24) is 4.31 Å². The van der Waals surface area contributed by atoms with Crippen LogP contribution in [0.15, 0.2) is 47.4 Å². The zero-order chi connectivity index (χ0) is 22.3. The van der Waals surface area contributed by atoms with Crippen LogP contribution in [0.3, 0.4) is 0 Å². The summed E-state index contributed by atoms with van der Waals surface area (Å²) < 4.78 is 32.8. The van der Waals surface area contributed by atoms with Crippen LogP contribution in [0.1, 0.15) is 50.2 Å². The van der Waals surface area contributed by atoms with E-state index in [-0.39, 0.29) is 17.4 Å². The fraction of sp³-hybridized carbons (Fsp3) is 0.458. The van der Waals surface area contributed by atoms with Crippen molar-refractivity contribution in [2.75, 3.05) is 25.0 Å². The zero-order valence-electron chi connectivity index (χ0n) is 18.4. The van der Waals surface area contributed by atoms with Crippen LogP contribution in [0.25, 0.3) is 0 Å². The van der Waals surface area contributed by atoms with Gasteiger partial charge in [0.1, 0.15) is 5.75 Å². The molecule has 6 nitrogen and oxygen atoms in total. The summed E-state index contributed by atoms with van der Waals surface area (Å²) in [5, 5.41) is 2.83. The van der Waals surface area contributed by atoms with Gasteiger partial charge in [0.05, 0.1) is 4.90 Å². The lowest BCUT2D eigenvalue weighted by molar-refractivity contribution is -0.118. The summed E-state index contributed by atoms with van der Waals surface area (Å²) in [6.45, 7) is 4.95. The van der Waals surface area contributed by atoms with Crippen LogP contribution in [-0.2, 0) is 21.2 Å². The number of hydrogen-bond donors (Lipinski definition) is 1. The van der Waals surface area contributed by atoms with Gasteiger partial charge in [0.2, 0.25) is 10.0 Å². The summed E-state index contributed by atoms with van der Waals surface area (Å²) in [6.07, 6.45) is 6.21. The average Bonchev–Trinajstić information content (AvgIpc) is 2.78. The van der Waals surface area contributed by atoms with Gasteiger partial charge >= 0.3 is 0 Å². The molecule has 1 amide bonds. The summed E-state index contributed by atoms with van der Waals surface area (Å²) >= 11 is 0. The first kappa shape index (κ1) is 23.3. The summed E-state index contributed by atoms with van der Waals surface area (Å²) in [5.74, 6) is 0.244. The third-order valence-corrected chi connectivity index (χ3v) is 7.41. The van der Waals surface area contributed by atoms with E-state index in [9.17, 15) is 13.2 Å². The lowest BCUT2D eigenvalue weighted by atomic mass is 10.1. The van der Waals surface area contributed by atoms with Gasteiger partial charge in [0, 0.05) is 18.8 Å². The van der Waals surface area contributed by atoms with Crippen LogP contribution in [0.4, 0.5) is 5.69 Å². The van der Waals surface area contributed by atoms with Gasteiger partial charge in [0.25, 0.3) is 5.91 Å². The molecule has 168 valence electrons. The van der Waals surface area contributed by atoms with E-state index < -0.39 is 10.0 Å². The lowest BCUT2D eigenvalue weighted by Gasteiger charge is -2.26. The zero-order valence-corrected chi connectivity index (χ0v) is 19.2. The Hall–Kier alpha value is -2.38. The van der Waals surface area contributed by atoms with E-state index in [4.69, 9.17) is 4.74 Å².